The minimum absolute atomic E-state index is 0.978. The van der Waals surface area contributed by atoms with Gasteiger partial charge < -0.3 is 5.32 Å². The van der Waals surface area contributed by atoms with Crippen molar-refractivity contribution in [3.63, 3.8) is 0 Å². The lowest BCUT2D eigenvalue weighted by molar-refractivity contribution is 0.795. The molecule has 0 heterocycles. The topological polar surface area (TPSA) is 12.0 Å². The van der Waals surface area contributed by atoms with E-state index in [1.165, 1.54) is 24.8 Å². The van der Waals surface area contributed by atoms with Crippen molar-refractivity contribution in [3.05, 3.63) is 42.1 Å². The largest absolute Gasteiger partial charge is 0.360 e. The third-order valence-corrected chi connectivity index (χ3v) is 2.13. The van der Waals surface area contributed by atoms with Gasteiger partial charge >= 0.3 is 0 Å². The lowest BCUT2D eigenvalue weighted by Gasteiger charge is -2.06. The van der Waals surface area contributed by atoms with Crippen LogP contribution in [0, 0.1) is 0 Å². The van der Waals surface area contributed by atoms with Gasteiger partial charge in [-0.05, 0) is 37.5 Å². The van der Waals surface area contributed by atoms with Crippen molar-refractivity contribution < 1.29 is 0 Å². The van der Waals surface area contributed by atoms with Crippen LogP contribution in [-0.2, 0) is 6.42 Å². The van der Waals surface area contributed by atoms with Crippen LogP contribution in [0.4, 0.5) is 5.69 Å². The molecule has 0 aliphatic rings. The van der Waals surface area contributed by atoms with Gasteiger partial charge in [-0.25, -0.2) is 0 Å². The smallest absolute Gasteiger partial charge is 0.0381 e. The number of hydrogen-bond acceptors (Lipinski definition) is 1. The van der Waals surface area contributed by atoms with Gasteiger partial charge in [0.25, 0.3) is 0 Å². The lowest BCUT2D eigenvalue weighted by Crippen LogP contribution is -1.93. The predicted octanol–water partition coefficient (Wildman–Crippen LogP) is 3.97. The van der Waals surface area contributed by atoms with Crippen molar-refractivity contribution in [2.24, 2.45) is 0 Å². The minimum Gasteiger partial charge on any atom is -0.360 e. The van der Waals surface area contributed by atoms with Gasteiger partial charge in [-0.3, -0.25) is 0 Å². The Morgan fingerprint density at radius 1 is 1.29 bits per heavy atom. The van der Waals surface area contributed by atoms with Crippen LogP contribution in [0.1, 0.15) is 32.3 Å². The molecule has 0 unspecified atom stereocenters. The Kier molecular flexibility index (Phi) is 4.24. The third kappa shape index (κ3) is 3.65. The van der Waals surface area contributed by atoms with Crippen LogP contribution in [0.2, 0.25) is 0 Å². The lowest BCUT2D eigenvalue weighted by atomic mass is 10.1. The van der Waals surface area contributed by atoms with Crippen LogP contribution >= 0.6 is 0 Å². The molecule has 0 amide bonds. The second-order valence-corrected chi connectivity index (χ2v) is 3.71. The van der Waals surface area contributed by atoms with Gasteiger partial charge in [0.1, 0.15) is 0 Å². The second-order valence-electron chi connectivity index (χ2n) is 3.71. The van der Waals surface area contributed by atoms with E-state index in [4.69, 9.17) is 0 Å². The second kappa shape index (κ2) is 5.48. The molecule has 1 rings (SSSR count). The summed E-state index contributed by atoms with van der Waals surface area (Å²) >= 11 is 0. The molecule has 0 spiro atoms. The molecule has 1 N–H and O–H groups in total. The summed E-state index contributed by atoms with van der Waals surface area (Å²) < 4.78 is 0. The highest BCUT2D eigenvalue weighted by atomic mass is 14.9. The molecule has 0 aliphatic carbocycles. The van der Waals surface area contributed by atoms with E-state index in [-0.39, 0.29) is 0 Å². The van der Waals surface area contributed by atoms with Gasteiger partial charge in [0, 0.05) is 11.4 Å². The summed E-state index contributed by atoms with van der Waals surface area (Å²) in [6.45, 7) is 7.99. The van der Waals surface area contributed by atoms with E-state index in [1.807, 2.05) is 6.92 Å². The zero-order chi connectivity index (χ0) is 10.4. The van der Waals surface area contributed by atoms with Gasteiger partial charge in [0.15, 0.2) is 0 Å². The van der Waals surface area contributed by atoms with Crippen molar-refractivity contribution in [1.29, 1.82) is 0 Å². The Bertz CT molecular complexity index is 285. The molecule has 0 saturated carbocycles. The first-order valence-electron chi connectivity index (χ1n) is 5.24. The van der Waals surface area contributed by atoms with Crippen LogP contribution in [0.3, 0.4) is 0 Å². The zero-order valence-corrected chi connectivity index (χ0v) is 9.14. The third-order valence-electron chi connectivity index (χ3n) is 2.13. The van der Waals surface area contributed by atoms with Gasteiger partial charge in [-0.15, -0.1) is 0 Å². The molecule has 1 heteroatoms. The number of benzene rings is 1. The fraction of sp³-hybridized carbons (Fsp3) is 0.385. The molecule has 0 fully saturated rings. The Morgan fingerprint density at radius 2 is 1.93 bits per heavy atom. The molecule has 76 valence electrons. The minimum atomic E-state index is 0.978. The van der Waals surface area contributed by atoms with Crippen LogP contribution in [-0.4, -0.2) is 0 Å². The predicted molar refractivity (Wildman–Crippen MR) is 63.5 cm³/mol. The Labute approximate surface area is 86.8 Å². The molecule has 1 aromatic rings. The average molecular weight is 189 g/mol. The number of hydrogen-bond donors (Lipinski definition) is 1. The van der Waals surface area contributed by atoms with Crippen molar-refractivity contribution in [2.75, 3.05) is 5.32 Å². The van der Waals surface area contributed by atoms with Crippen LogP contribution in [0.15, 0.2) is 36.5 Å². The van der Waals surface area contributed by atoms with Gasteiger partial charge in [0.05, 0.1) is 0 Å². The highest BCUT2D eigenvalue weighted by molar-refractivity contribution is 5.48. The monoisotopic (exact) mass is 189 g/mol. The van der Waals surface area contributed by atoms with Crippen molar-refractivity contribution in [2.45, 2.75) is 33.1 Å². The zero-order valence-electron chi connectivity index (χ0n) is 9.14. The summed E-state index contributed by atoms with van der Waals surface area (Å²) in [5, 5.41) is 3.19. The van der Waals surface area contributed by atoms with Crippen molar-refractivity contribution in [1.82, 2.24) is 0 Å². The van der Waals surface area contributed by atoms with Gasteiger partial charge in [0.2, 0.25) is 0 Å². The highest BCUT2D eigenvalue weighted by Crippen LogP contribution is 2.12. The number of aryl methyl sites for hydroxylation is 1. The number of rotatable bonds is 5. The van der Waals surface area contributed by atoms with Crippen molar-refractivity contribution >= 4 is 5.69 Å². The van der Waals surface area contributed by atoms with Crippen molar-refractivity contribution in [3.8, 4) is 0 Å². The van der Waals surface area contributed by atoms with Crippen LogP contribution in [0.25, 0.3) is 0 Å². The van der Waals surface area contributed by atoms with Crippen LogP contribution in [0.5, 0.6) is 0 Å². The standard InChI is InChI=1S/C13H19N/c1-4-5-6-12-7-9-13(10-8-12)14-11(2)3/h7-10,14H,2,4-6H2,1,3H3. The molecule has 1 aromatic carbocycles. The molecule has 0 aromatic heterocycles. The quantitative estimate of drug-likeness (QED) is 0.739. The average Bonchev–Trinajstić information content (AvgIpc) is 2.16. The van der Waals surface area contributed by atoms with Gasteiger partial charge in [-0.2, -0.15) is 0 Å². The molecule has 0 bridgehead atoms. The molecule has 0 radical (unpaired) electrons. The van der Waals surface area contributed by atoms with E-state index in [2.05, 4.69) is 43.1 Å². The Morgan fingerprint density at radius 3 is 2.43 bits per heavy atom. The van der Waals surface area contributed by atoms with E-state index in [0.29, 0.717) is 0 Å². The molecule has 0 atom stereocenters. The summed E-state index contributed by atoms with van der Waals surface area (Å²) in [5.74, 6) is 0. The van der Waals surface area contributed by atoms with E-state index < -0.39 is 0 Å². The number of anilines is 1. The molecular formula is C13H19N. The maximum atomic E-state index is 3.81. The summed E-state index contributed by atoms with van der Waals surface area (Å²) in [4.78, 5) is 0. The van der Waals surface area contributed by atoms with E-state index in [1.54, 1.807) is 0 Å². The molecule has 0 aliphatic heterocycles. The Hall–Kier alpha value is -1.24. The highest BCUT2D eigenvalue weighted by Gasteiger charge is 1.93. The molecular weight excluding hydrogens is 170 g/mol. The number of nitrogens with one attached hydrogen (secondary N) is 1. The first kappa shape index (κ1) is 10.8. The van der Waals surface area contributed by atoms with E-state index in [9.17, 15) is 0 Å². The summed E-state index contributed by atoms with van der Waals surface area (Å²) in [6.07, 6.45) is 3.71. The molecule has 1 nitrogen and oxygen atoms in total. The fourth-order valence-corrected chi connectivity index (χ4v) is 1.38. The summed E-state index contributed by atoms with van der Waals surface area (Å²) in [6, 6.07) is 8.58. The maximum Gasteiger partial charge on any atom is 0.0381 e. The first-order valence-corrected chi connectivity index (χ1v) is 5.24. The fourth-order valence-electron chi connectivity index (χ4n) is 1.38. The maximum absolute atomic E-state index is 3.81. The van der Waals surface area contributed by atoms with Crippen LogP contribution < -0.4 is 5.32 Å². The molecule has 14 heavy (non-hydrogen) atoms. The summed E-state index contributed by atoms with van der Waals surface area (Å²) in [7, 11) is 0. The number of allylic oxidation sites excluding steroid dienone is 1. The summed E-state index contributed by atoms with van der Waals surface area (Å²) in [5.41, 5.74) is 3.52. The van der Waals surface area contributed by atoms with E-state index in [0.717, 1.165) is 11.4 Å². The first-order chi connectivity index (χ1) is 6.72. The molecule has 0 saturated heterocycles. The van der Waals surface area contributed by atoms with Gasteiger partial charge in [-0.1, -0.05) is 32.1 Å². The normalized spacial score (nSPS) is 9.86. The SMILES string of the molecule is C=C(C)Nc1ccc(CCCC)cc1. The van der Waals surface area contributed by atoms with E-state index >= 15 is 0 Å². The Balaban J connectivity index is 2.54. The number of unbranched alkanes of at least 4 members (excludes halogenated alkanes) is 1.